The molecule has 1 aliphatic carbocycles. The van der Waals surface area contributed by atoms with Crippen LogP contribution >= 0.6 is 0 Å². The van der Waals surface area contributed by atoms with Crippen molar-refractivity contribution in [3.63, 3.8) is 0 Å². The van der Waals surface area contributed by atoms with Gasteiger partial charge < -0.3 is 19.5 Å². The number of fused-ring (bicyclic) bond motifs is 4. The van der Waals surface area contributed by atoms with Crippen LogP contribution < -0.4 is 19.5 Å². The Morgan fingerprint density at radius 3 is 1.84 bits per heavy atom. The molecule has 0 aromatic heterocycles. The molecular formula is C27H37NO3. The zero-order valence-corrected chi connectivity index (χ0v) is 19.1. The van der Waals surface area contributed by atoms with Crippen molar-refractivity contribution in [1.29, 1.82) is 0 Å². The van der Waals surface area contributed by atoms with E-state index in [0.717, 1.165) is 42.3 Å². The largest absolute Gasteiger partial charge is 0.493 e. The zero-order valence-electron chi connectivity index (χ0n) is 19.1. The summed E-state index contributed by atoms with van der Waals surface area (Å²) >= 11 is 0. The maximum Gasteiger partial charge on any atom is 0.169 e. The zero-order chi connectivity index (χ0) is 21.5. The third kappa shape index (κ3) is 5.94. The number of nitrogens with one attached hydrogen (secondary N) is 1. The molecule has 4 rings (SSSR count). The van der Waals surface area contributed by atoms with Gasteiger partial charge in [0.05, 0.1) is 14.2 Å². The number of methoxy groups -OCH3 is 2. The van der Waals surface area contributed by atoms with Gasteiger partial charge in [-0.05, 0) is 80.3 Å². The molecule has 168 valence electrons. The number of hydrogen-bond acceptors (Lipinski definition) is 4. The van der Waals surface area contributed by atoms with Gasteiger partial charge in [-0.15, -0.1) is 0 Å². The third-order valence-electron chi connectivity index (χ3n) is 6.80. The molecule has 4 nitrogen and oxygen atoms in total. The SMILES string of the molecule is COc1ccc2cc1Oc1cc(ccc1OC)CCC(NC1CCCCC1)CCCC2. The van der Waals surface area contributed by atoms with Gasteiger partial charge in [-0.3, -0.25) is 0 Å². The van der Waals surface area contributed by atoms with E-state index in [2.05, 4.69) is 29.6 Å². The summed E-state index contributed by atoms with van der Waals surface area (Å²) < 4.78 is 17.5. The Morgan fingerprint density at radius 2 is 1.23 bits per heavy atom. The quantitative estimate of drug-likeness (QED) is 0.614. The smallest absolute Gasteiger partial charge is 0.169 e. The lowest BCUT2D eigenvalue weighted by Crippen LogP contribution is -2.39. The molecule has 2 aromatic rings. The van der Waals surface area contributed by atoms with E-state index in [1.807, 2.05) is 12.1 Å². The number of rotatable bonds is 4. The Kier molecular flexibility index (Phi) is 7.74. The highest BCUT2D eigenvalue weighted by molar-refractivity contribution is 5.50. The molecule has 0 radical (unpaired) electrons. The van der Waals surface area contributed by atoms with Crippen LogP contribution in [-0.2, 0) is 12.8 Å². The van der Waals surface area contributed by atoms with Gasteiger partial charge in [0, 0.05) is 12.1 Å². The molecule has 4 bridgehead atoms. The Labute approximate surface area is 187 Å². The van der Waals surface area contributed by atoms with E-state index >= 15 is 0 Å². The number of benzene rings is 2. The second-order valence-electron chi connectivity index (χ2n) is 9.06. The first-order valence-electron chi connectivity index (χ1n) is 12.0. The van der Waals surface area contributed by atoms with E-state index in [-0.39, 0.29) is 0 Å². The fourth-order valence-electron chi connectivity index (χ4n) is 5.01. The maximum atomic E-state index is 6.33. The van der Waals surface area contributed by atoms with Crippen LogP contribution in [0.3, 0.4) is 0 Å². The number of aryl methyl sites for hydroxylation is 2. The van der Waals surface area contributed by atoms with Crippen LogP contribution in [0, 0.1) is 0 Å². The maximum absolute atomic E-state index is 6.33. The average molecular weight is 424 g/mol. The standard InChI is InChI=1S/C27H37NO3/c1-29-24-16-13-20-8-6-7-11-23(28-22-9-4-3-5-10-22)15-12-21-14-17-25(30-2)27(19-21)31-26(24)18-20/h13-14,16-19,22-23,28H,3-12,15H2,1-2H3. The topological polar surface area (TPSA) is 39.7 Å². The van der Waals surface area contributed by atoms with Crippen LogP contribution in [0.15, 0.2) is 36.4 Å². The molecule has 1 heterocycles. The molecule has 1 atom stereocenters. The Hall–Kier alpha value is -2.20. The minimum atomic E-state index is 0.587. The lowest BCUT2D eigenvalue weighted by atomic mass is 9.92. The lowest BCUT2D eigenvalue weighted by molar-refractivity contribution is 0.314. The van der Waals surface area contributed by atoms with Crippen molar-refractivity contribution < 1.29 is 14.2 Å². The molecule has 2 aliphatic rings. The lowest BCUT2D eigenvalue weighted by Gasteiger charge is -2.29. The predicted molar refractivity (Wildman–Crippen MR) is 126 cm³/mol. The summed E-state index contributed by atoms with van der Waals surface area (Å²) in [5, 5.41) is 4.02. The normalized spacial score (nSPS) is 20.4. The van der Waals surface area contributed by atoms with E-state index in [1.54, 1.807) is 14.2 Å². The minimum absolute atomic E-state index is 0.587. The molecule has 1 N–H and O–H groups in total. The number of hydrogen-bond donors (Lipinski definition) is 1. The minimum Gasteiger partial charge on any atom is -0.493 e. The summed E-state index contributed by atoms with van der Waals surface area (Å²) in [7, 11) is 3.38. The first-order valence-corrected chi connectivity index (χ1v) is 12.0. The highest BCUT2D eigenvalue weighted by Gasteiger charge is 2.19. The van der Waals surface area contributed by atoms with Gasteiger partial charge in [-0.2, -0.15) is 0 Å². The molecule has 1 fully saturated rings. The molecule has 1 unspecified atom stereocenters. The first-order chi connectivity index (χ1) is 15.2. The van der Waals surface area contributed by atoms with Gasteiger partial charge in [-0.1, -0.05) is 37.8 Å². The highest BCUT2D eigenvalue weighted by atomic mass is 16.5. The van der Waals surface area contributed by atoms with Crippen LogP contribution in [0.4, 0.5) is 0 Å². The van der Waals surface area contributed by atoms with Gasteiger partial charge in [0.2, 0.25) is 0 Å². The molecule has 1 saturated carbocycles. The Bertz CT molecular complexity index is 844. The summed E-state index contributed by atoms with van der Waals surface area (Å²) in [4.78, 5) is 0. The van der Waals surface area contributed by atoms with Crippen molar-refractivity contribution in [2.75, 3.05) is 14.2 Å². The second-order valence-corrected chi connectivity index (χ2v) is 9.06. The fourth-order valence-corrected chi connectivity index (χ4v) is 5.01. The molecular weight excluding hydrogens is 386 g/mol. The van der Waals surface area contributed by atoms with E-state index in [9.17, 15) is 0 Å². The number of ether oxygens (including phenoxy) is 3. The molecule has 2 aromatic carbocycles. The van der Waals surface area contributed by atoms with Crippen molar-refractivity contribution >= 4 is 0 Å². The first kappa shape index (κ1) is 22.0. The molecule has 0 spiro atoms. The van der Waals surface area contributed by atoms with Crippen LogP contribution in [0.2, 0.25) is 0 Å². The van der Waals surface area contributed by atoms with Crippen LogP contribution in [0.1, 0.15) is 68.9 Å². The van der Waals surface area contributed by atoms with E-state index in [4.69, 9.17) is 14.2 Å². The van der Waals surface area contributed by atoms with E-state index in [0.29, 0.717) is 12.1 Å². The van der Waals surface area contributed by atoms with Gasteiger partial charge >= 0.3 is 0 Å². The Balaban J connectivity index is 1.57. The Morgan fingerprint density at radius 1 is 0.677 bits per heavy atom. The van der Waals surface area contributed by atoms with Gasteiger partial charge in [0.25, 0.3) is 0 Å². The summed E-state index contributed by atoms with van der Waals surface area (Å²) in [6.45, 7) is 0. The van der Waals surface area contributed by atoms with E-state index in [1.165, 1.54) is 62.5 Å². The monoisotopic (exact) mass is 423 g/mol. The molecule has 0 amide bonds. The van der Waals surface area contributed by atoms with Crippen LogP contribution in [0.5, 0.6) is 23.0 Å². The molecule has 0 saturated heterocycles. The highest BCUT2D eigenvalue weighted by Crippen LogP contribution is 2.38. The molecule has 1 aliphatic heterocycles. The summed E-state index contributed by atoms with van der Waals surface area (Å²) in [6.07, 6.45) is 13.8. The van der Waals surface area contributed by atoms with Gasteiger partial charge in [0.15, 0.2) is 23.0 Å². The summed E-state index contributed by atoms with van der Waals surface area (Å²) in [6, 6.07) is 13.9. The van der Waals surface area contributed by atoms with E-state index < -0.39 is 0 Å². The van der Waals surface area contributed by atoms with Crippen molar-refractivity contribution in [1.82, 2.24) is 5.32 Å². The fraction of sp³-hybridized carbons (Fsp3) is 0.556. The molecule has 31 heavy (non-hydrogen) atoms. The van der Waals surface area contributed by atoms with Crippen LogP contribution in [-0.4, -0.2) is 26.3 Å². The third-order valence-corrected chi connectivity index (χ3v) is 6.80. The van der Waals surface area contributed by atoms with Crippen molar-refractivity contribution in [3.05, 3.63) is 47.5 Å². The second kappa shape index (κ2) is 10.9. The average Bonchev–Trinajstić information content (AvgIpc) is 2.80. The summed E-state index contributed by atoms with van der Waals surface area (Å²) in [5.74, 6) is 3.01. The van der Waals surface area contributed by atoms with Crippen molar-refractivity contribution in [2.24, 2.45) is 0 Å². The molecule has 4 heteroatoms. The van der Waals surface area contributed by atoms with Crippen LogP contribution in [0.25, 0.3) is 0 Å². The predicted octanol–water partition coefficient (Wildman–Crippen LogP) is 6.45. The van der Waals surface area contributed by atoms with Gasteiger partial charge in [0.1, 0.15) is 0 Å². The summed E-state index contributed by atoms with van der Waals surface area (Å²) in [5.41, 5.74) is 2.58. The van der Waals surface area contributed by atoms with Crippen molar-refractivity contribution in [2.45, 2.75) is 82.7 Å². The van der Waals surface area contributed by atoms with Gasteiger partial charge in [-0.25, -0.2) is 0 Å². The van der Waals surface area contributed by atoms with Crippen molar-refractivity contribution in [3.8, 4) is 23.0 Å².